The molecule has 0 saturated heterocycles. The summed E-state index contributed by atoms with van der Waals surface area (Å²) in [4.78, 5) is 46.1. The number of ether oxygens (including phenoxy) is 2. The number of aliphatic hydroxyl groups is 1. The van der Waals surface area contributed by atoms with Crippen LogP contribution in [-0.2, 0) is 9.53 Å². The molecule has 1 aromatic heterocycles. The van der Waals surface area contributed by atoms with Crippen LogP contribution in [0, 0.1) is 6.92 Å². The van der Waals surface area contributed by atoms with Crippen LogP contribution in [0.4, 0.5) is 5.69 Å². The molecule has 1 amide bonds. The molecule has 1 aliphatic heterocycles. The van der Waals surface area contributed by atoms with E-state index < -0.39 is 29.5 Å². The van der Waals surface area contributed by atoms with Crippen molar-refractivity contribution in [3.05, 3.63) is 112 Å². The molecule has 0 saturated carbocycles. The highest BCUT2D eigenvalue weighted by molar-refractivity contribution is 7.17. The van der Waals surface area contributed by atoms with Crippen molar-refractivity contribution in [2.45, 2.75) is 19.9 Å². The number of benzene rings is 3. The number of rotatable bonds is 8. The predicted molar refractivity (Wildman–Crippen MR) is 152 cm³/mol. The number of aryl methyl sites for hydroxylation is 1. The smallest absolute Gasteiger partial charge is 0.338 e. The Hall–Kier alpha value is -4.76. The molecule has 5 rings (SSSR count). The molecule has 1 N–H and O–H groups in total. The van der Waals surface area contributed by atoms with E-state index in [1.165, 1.54) is 23.3 Å². The van der Waals surface area contributed by atoms with Crippen LogP contribution in [0.15, 0.2) is 90.2 Å². The van der Waals surface area contributed by atoms with Gasteiger partial charge in [0.15, 0.2) is 5.76 Å². The molecule has 4 aromatic rings. The number of methoxy groups -OCH3 is 1. The normalized spacial score (nSPS) is 14.9. The fraction of sp³-hybridized carbons (Fsp3) is 0.161. The summed E-state index contributed by atoms with van der Waals surface area (Å²) in [5.41, 5.74) is 2.59. The van der Waals surface area contributed by atoms with Crippen LogP contribution in [0.5, 0.6) is 5.75 Å². The first-order chi connectivity index (χ1) is 19.3. The molecule has 0 spiro atoms. The van der Waals surface area contributed by atoms with Gasteiger partial charge in [-0.05, 0) is 55.8 Å². The van der Waals surface area contributed by atoms with E-state index >= 15 is 0 Å². The number of thiazole rings is 1. The van der Waals surface area contributed by atoms with Crippen LogP contribution in [-0.4, -0.2) is 41.5 Å². The maximum absolute atomic E-state index is 14.1. The molecule has 2 heterocycles. The van der Waals surface area contributed by atoms with Gasteiger partial charge in [-0.3, -0.25) is 14.5 Å². The number of hydrogen-bond donors (Lipinski definition) is 1. The number of carbonyl (C=O) groups is 3. The van der Waals surface area contributed by atoms with Gasteiger partial charge in [0.1, 0.15) is 10.8 Å². The maximum atomic E-state index is 14.1. The Kier molecular flexibility index (Phi) is 7.48. The van der Waals surface area contributed by atoms with Gasteiger partial charge in [0.2, 0.25) is 5.78 Å². The van der Waals surface area contributed by atoms with Gasteiger partial charge in [-0.1, -0.05) is 42.5 Å². The van der Waals surface area contributed by atoms with Crippen molar-refractivity contribution in [1.82, 2.24) is 4.98 Å². The summed E-state index contributed by atoms with van der Waals surface area (Å²) >= 11 is 1.21. The fourth-order valence-electron chi connectivity index (χ4n) is 4.64. The third kappa shape index (κ3) is 4.87. The molecule has 9 heteroatoms. The number of aliphatic hydroxyl groups excluding tert-OH is 1. The van der Waals surface area contributed by atoms with E-state index in [0.717, 1.165) is 5.56 Å². The average molecular weight is 555 g/mol. The molecule has 0 radical (unpaired) electrons. The quantitative estimate of drug-likeness (QED) is 0.208. The van der Waals surface area contributed by atoms with Crippen molar-refractivity contribution in [3.63, 3.8) is 0 Å². The lowest BCUT2D eigenvalue weighted by Crippen LogP contribution is -2.31. The zero-order chi connectivity index (χ0) is 28.4. The fourth-order valence-corrected chi connectivity index (χ4v) is 5.66. The molecule has 1 unspecified atom stereocenters. The van der Waals surface area contributed by atoms with Gasteiger partial charge in [0.05, 0.1) is 41.5 Å². The number of hydrogen-bond acceptors (Lipinski definition) is 8. The Morgan fingerprint density at radius 1 is 1.02 bits per heavy atom. The first-order valence-corrected chi connectivity index (χ1v) is 13.4. The van der Waals surface area contributed by atoms with Gasteiger partial charge in [0, 0.05) is 11.3 Å². The molecular weight excluding hydrogens is 528 g/mol. The maximum Gasteiger partial charge on any atom is 0.338 e. The second-order valence-corrected chi connectivity index (χ2v) is 10.0. The number of aromatic nitrogens is 1. The van der Waals surface area contributed by atoms with Gasteiger partial charge in [-0.2, -0.15) is 0 Å². The summed E-state index contributed by atoms with van der Waals surface area (Å²) in [5, 5.41) is 11.8. The minimum absolute atomic E-state index is 0.0564. The molecule has 1 aliphatic rings. The lowest BCUT2D eigenvalue weighted by Gasteiger charge is -2.27. The molecule has 8 nitrogen and oxygen atoms in total. The summed E-state index contributed by atoms with van der Waals surface area (Å²) in [6, 6.07) is 21.8. The van der Waals surface area contributed by atoms with Crippen molar-refractivity contribution in [2.75, 3.05) is 18.6 Å². The van der Waals surface area contributed by atoms with Gasteiger partial charge >= 0.3 is 5.97 Å². The Bertz CT molecular complexity index is 1630. The third-order valence-electron chi connectivity index (χ3n) is 6.54. The van der Waals surface area contributed by atoms with Gasteiger partial charge in [-0.25, -0.2) is 9.78 Å². The summed E-state index contributed by atoms with van der Waals surface area (Å²) in [5.74, 6) is -1.81. The van der Waals surface area contributed by atoms with Gasteiger partial charge < -0.3 is 14.6 Å². The zero-order valence-corrected chi connectivity index (χ0v) is 22.9. The Morgan fingerprint density at radius 3 is 2.42 bits per heavy atom. The Morgan fingerprint density at radius 2 is 1.75 bits per heavy atom. The first kappa shape index (κ1) is 26.8. The van der Waals surface area contributed by atoms with Gasteiger partial charge in [0.25, 0.3) is 5.91 Å². The van der Waals surface area contributed by atoms with Crippen LogP contribution in [0.25, 0.3) is 10.6 Å². The first-order valence-electron chi connectivity index (χ1n) is 12.6. The summed E-state index contributed by atoms with van der Waals surface area (Å²) in [6.07, 6.45) is 0. The number of esters is 1. The van der Waals surface area contributed by atoms with E-state index in [1.807, 2.05) is 30.3 Å². The molecule has 202 valence electrons. The minimum atomic E-state index is -0.954. The molecule has 1 atom stereocenters. The number of anilines is 1. The highest BCUT2D eigenvalue weighted by Gasteiger charge is 2.45. The van der Waals surface area contributed by atoms with E-state index in [2.05, 4.69) is 4.98 Å². The SMILES string of the molecule is CCOC(=O)c1ccc(N2C(=O)C(O)=C(C(=O)c3sc(-c4ccccc4)nc3C)C2c2cccc(OC)c2)cc1. The van der Waals surface area contributed by atoms with Crippen molar-refractivity contribution in [3.8, 4) is 16.3 Å². The van der Waals surface area contributed by atoms with Crippen molar-refractivity contribution in [2.24, 2.45) is 0 Å². The van der Waals surface area contributed by atoms with E-state index in [9.17, 15) is 19.5 Å². The van der Waals surface area contributed by atoms with E-state index in [-0.39, 0.29) is 12.2 Å². The van der Waals surface area contributed by atoms with Crippen LogP contribution >= 0.6 is 11.3 Å². The Labute approximate surface area is 235 Å². The summed E-state index contributed by atoms with van der Waals surface area (Å²) in [6.45, 7) is 3.68. The van der Waals surface area contributed by atoms with Crippen LogP contribution in [0.3, 0.4) is 0 Å². The topological polar surface area (TPSA) is 106 Å². The van der Waals surface area contributed by atoms with E-state index in [4.69, 9.17) is 9.47 Å². The van der Waals surface area contributed by atoms with Crippen molar-refractivity contribution >= 4 is 34.7 Å². The largest absolute Gasteiger partial charge is 0.503 e. The minimum Gasteiger partial charge on any atom is -0.503 e. The van der Waals surface area contributed by atoms with Crippen LogP contribution in [0.2, 0.25) is 0 Å². The highest BCUT2D eigenvalue weighted by Crippen LogP contribution is 2.44. The molecule has 40 heavy (non-hydrogen) atoms. The monoisotopic (exact) mass is 554 g/mol. The highest BCUT2D eigenvalue weighted by atomic mass is 32.1. The van der Waals surface area contributed by atoms with Crippen LogP contribution < -0.4 is 9.64 Å². The lowest BCUT2D eigenvalue weighted by molar-refractivity contribution is -0.117. The third-order valence-corrected chi connectivity index (χ3v) is 7.75. The molecule has 0 aliphatic carbocycles. The zero-order valence-electron chi connectivity index (χ0n) is 22.1. The second kappa shape index (κ2) is 11.2. The lowest BCUT2D eigenvalue weighted by atomic mass is 9.94. The number of carbonyl (C=O) groups excluding carboxylic acids is 3. The summed E-state index contributed by atoms with van der Waals surface area (Å²) in [7, 11) is 1.52. The van der Waals surface area contributed by atoms with Gasteiger partial charge in [-0.15, -0.1) is 11.3 Å². The van der Waals surface area contributed by atoms with E-state index in [0.29, 0.717) is 38.1 Å². The number of amides is 1. The number of Topliss-reactive ketones (excluding diaryl/α,β-unsaturated/α-hetero) is 1. The molecule has 0 bridgehead atoms. The van der Waals surface area contributed by atoms with Crippen molar-refractivity contribution in [1.29, 1.82) is 0 Å². The summed E-state index contributed by atoms with van der Waals surface area (Å²) < 4.78 is 10.5. The van der Waals surface area contributed by atoms with Crippen LogP contribution in [0.1, 0.15) is 44.3 Å². The number of nitrogens with zero attached hydrogens (tertiary/aromatic N) is 2. The average Bonchev–Trinajstić information content (AvgIpc) is 3.50. The molecule has 3 aromatic carbocycles. The molecule has 0 fully saturated rings. The van der Waals surface area contributed by atoms with Crippen molar-refractivity contribution < 1.29 is 29.0 Å². The second-order valence-electron chi connectivity index (χ2n) is 9.01. The predicted octanol–water partition coefficient (Wildman–Crippen LogP) is 6.09. The van der Waals surface area contributed by atoms with E-state index in [1.54, 1.807) is 62.4 Å². The molecular formula is C31H26N2O6S. The number of ketones is 1. The Balaban J connectivity index is 1.60. The standard InChI is InChI=1S/C31H26N2O6S/c1-4-39-31(37)20-13-15-22(16-14-20)33-25(21-11-8-12-23(17-21)38-3)24(27(35)30(33)36)26(34)28-18(2)32-29(40-28)19-9-6-5-7-10-19/h5-17,25,35H,4H2,1-3H3.